The molecule has 0 radical (unpaired) electrons. The second-order valence-electron chi connectivity index (χ2n) is 6.72. The van der Waals surface area contributed by atoms with E-state index in [2.05, 4.69) is 29.4 Å². The van der Waals surface area contributed by atoms with Gasteiger partial charge in [-0.05, 0) is 31.0 Å². The van der Waals surface area contributed by atoms with Crippen molar-refractivity contribution in [1.29, 1.82) is 0 Å². The summed E-state index contributed by atoms with van der Waals surface area (Å²) >= 11 is 0. The molecule has 0 spiro atoms. The molecule has 0 saturated heterocycles. The van der Waals surface area contributed by atoms with E-state index in [1.54, 1.807) is 25.1 Å². The number of fused-ring (bicyclic) bond motifs is 1. The second-order valence-corrected chi connectivity index (χ2v) is 6.72. The molecule has 3 aromatic rings. The highest BCUT2D eigenvalue weighted by Gasteiger charge is 2.14. The van der Waals surface area contributed by atoms with Crippen LogP contribution in [0.2, 0.25) is 0 Å². The molecule has 0 aliphatic carbocycles. The van der Waals surface area contributed by atoms with Crippen LogP contribution < -0.4 is 21.3 Å². The third-order valence-electron chi connectivity index (χ3n) is 4.76. The Kier molecular flexibility index (Phi) is 5.46. The number of rotatable bonds is 7. The van der Waals surface area contributed by atoms with Crippen molar-refractivity contribution in [3.8, 4) is 5.75 Å². The van der Waals surface area contributed by atoms with Gasteiger partial charge in [0.2, 0.25) is 0 Å². The number of imidazole rings is 1. The van der Waals surface area contributed by atoms with Crippen molar-refractivity contribution in [2.24, 2.45) is 14.1 Å². The summed E-state index contributed by atoms with van der Waals surface area (Å²) in [5, 5.41) is 3.47. The van der Waals surface area contributed by atoms with E-state index < -0.39 is 0 Å². The van der Waals surface area contributed by atoms with Crippen molar-refractivity contribution in [3.63, 3.8) is 0 Å². The first-order valence-corrected chi connectivity index (χ1v) is 8.89. The molecule has 0 aliphatic heterocycles. The Bertz CT molecular complexity index is 1050. The van der Waals surface area contributed by atoms with Crippen LogP contribution in [-0.4, -0.2) is 38.4 Å². The summed E-state index contributed by atoms with van der Waals surface area (Å²) in [7, 11) is 4.76. The molecule has 2 aromatic heterocycles. The van der Waals surface area contributed by atoms with E-state index in [0.29, 0.717) is 24.3 Å². The number of methoxy groups -OCH3 is 1. The second kappa shape index (κ2) is 7.79. The van der Waals surface area contributed by atoms with Gasteiger partial charge in [0, 0.05) is 33.2 Å². The van der Waals surface area contributed by atoms with Gasteiger partial charge in [-0.2, -0.15) is 0 Å². The van der Waals surface area contributed by atoms with Crippen LogP contribution in [0.3, 0.4) is 0 Å². The lowest BCUT2D eigenvalue weighted by atomic mass is 10.1. The Morgan fingerprint density at radius 3 is 2.52 bits per heavy atom. The van der Waals surface area contributed by atoms with Crippen molar-refractivity contribution in [2.75, 3.05) is 13.7 Å². The molecule has 0 fully saturated rings. The molecule has 0 saturated carbocycles. The number of hydrogen-bond acceptors (Lipinski definition) is 5. The van der Waals surface area contributed by atoms with Gasteiger partial charge in [0.1, 0.15) is 5.75 Å². The smallest absolute Gasteiger partial charge is 0.332 e. The SMILES string of the molecule is COc1ccc(CC(C)NCCn2cnc3c2c(=O)n(C)c(=O)n3C)cc1. The zero-order chi connectivity index (χ0) is 19.6. The Balaban J connectivity index is 1.65. The summed E-state index contributed by atoms with van der Waals surface area (Å²) < 4.78 is 9.48. The van der Waals surface area contributed by atoms with E-state index >= 15 is 0 Å². The third kappa shape index (κ3) is 3.80. The number of nitrogens with one attached hydrogen (secondary N) is 1. The zero-order valence-corrected chi connectivity index (χ0v) is 16.1. The first kappa shape index (κ1) is 18.9. The maximum atomic E-state index is 12.4. The monoisotopic (exact) mass is 371 g/mol. The van der Waals surface area contributed by atoms with Crippen LogP contribution in [0.5, 0.6) is 5.75 Å². The molecule has 2 heterocycles. The van der Waals surface area contributed by atoms with Crippen molar-refractivity contribution in [1.82, 2.24) is 24.0 Å². The number of aromatic nitrogens is 4. The van der Waals surface area contributed by atoms with Crippen molar-refractivity contribution in [2.45, 2.75) is 25.9 Å². The first-order chi connectivity index (χ1) is 12.9. The predicted molar refractivity (Wildman–Crippen MR) is 104 cm³/mol. The number of hydrogen-bond donors (Lipinski definition) is 1. The zero-order valence-electron chi connectivity index (χ0n) is 16.1. The van der Waals surface area contributed by atoms with Gasteiger partial charge in [-0.15, -0.1) is 0 Å². The Morgan fingerprint density at radius 2 is 1.85 bits per heavy atom. The van der Waals surface area contributed by atoms with Gasteiger partial charge in [0.05, 0.1) is 13.4 Å². The third-order valence-corrected chi connectivity index (χ3v) is 4.76. The van der Waals surface area contributed by atoms with Gasteiger partial charge in [-0.25, -0.2) is 9.78 Å². The molecule has 0 aliphatic rings. The van der Waals surface area contributed by atoms with Crippen LogP contribution >= 0.6 is 0 Å². The number of aryl methyl sites for hydroxylation is 1. The van der Waals surface area contributed by atoms with E-state index in [1.807, 2.05) is 12.1 Å². The van der Waals surface area contributed by atoms with E-state index in [9.17, 15) is 9.59 Å². The fourth-order valence-corrected chi connectivity index (χ4v) is 3.19. The van der Waals surface area contributed by atoms with Crippen LogP contribution in [0.4, 0.5) is 0 Å². The standard InChI is InChI=1S/C19H25N5O3/c1-13(11-14-5-7-15(27-4)8-6-14)20-9-10-24-12-21-17-16(24)18(25)23(3)19(26)22(17)2/h5-8,12-13,20H,9-11H2,1-4H3. The van der Waals surface area contributed by atoms with Gasteiger partial charge in [0.15, 0.2) is 11.2 Å². The average molecular weight is 371 g/mol. The highest BCUT2D eigenvalue weighted by molar-refractivity contribution is 5.69. The highest BCUT2D eigenvalue weighted by Crippen LogP contribution is 2.12. The highest BCUT2D eigenvalue weighted by atomic mass is 16.5. The summed E-state index contributed by atoms with van der Waals surface area (Å²) in [6, 6.07) is 8.31. The molecule has 0 amide bonds. The molecule has 1 N–H and O–H groups in total. The number of benzene rings is 1. The van der Waals surface area contributed by atoms with Gasteiger partial charge < -0.3 is 14.6 Å². The average Bonchev–Trinajstić information content (AvgIpc) is 3.09. The van der Waals surface area contributed by atoms with Crippen molar-refractivity contribution < 1.29 is 4.74 Å². The maximum absolute atomic E-state index is 12.4. The minimum atomic E-state index is -0.371. The summed E-state index contributed by atoms with van der Waals surface area (Å²) in [5.74, 6) is 0.849. The number of nitrogens with zero attached hydrogens (tertiary/aromatic N) is 4. The molecular formula is C19H25N5O3. The van der Waals surface area contributed by atoms with Crippen LogP contribution in [0.25, 0.3) is 11.2 Å². The fourth-order valence-electron chi connectivity index (χ4n) is 3.19. The van der Waals surface area contributed by atoms with Crippen molar-refractivity contribution in [3.05, 3.63) is 57.0 Å². The first-order valence-electron chi connectivity index (χ1n) is 8.89. The summed E-state index contributed by atoms with van der Waals surface area (Å²) in [4.78, 5) is 28.7. The Hall–Kier alpha value is -2.87. The topological polar surface area (TPSA) is 83.1 Å². The van der Waals surface area contributed by atoms with Gasteiger partial charge in [-0.3, -0.25) is 13.9 Å². The quantitative estimate of drug-likeness (QED) is 0.660. The molecular weight excluding hydrogens is 346 g/mol. The van der Waals surface area contributed by atoms with E-state index in [1.165, 1.54) is 17.2 Å². The molecule has 1 atom stereocenters. The minimum absolute atomic E-state index is 0.278. The van der Waals surface area contributed by atoms with E-state index in [-0.39, 0.29) is 17.3 Å². The van der Waals surface area contributed by atoms with E-state index in [0.717, 1.165) is 16.7 Å². The Morgan fingerprint density at radius 1 is 1.15 bits per heavy atom. The largest absolute Gasteiger partial charge is 0.497 e. The summed E-state index contributed by atoms with van der Waals surface area (Å²) in [5.41, 5.74) is 1.40. The summed E-state index contributed by atoms with van der Waals surface area (Å²) in [6.45, 7) is 3.41. The molecule has 8 heteroatoms. The lowest BCUT2D eigenvalue weighted by Crippen LogP contribution is -2.38. The van der Waals surface area contributed by atoms with E-state index in [4.69, 9.17) is 4.74 Å². The molecule has 144 valence electrons. The fraction of sp³-hybridized carbons (Fsp3) is 0.421. The van der Waals surface area contributed by atoms with Crippen LogP contribution in [0.1, 0.15) is 12.5 Å². The number of ether oxygens (including phenoxy) is 1. The molecule has 1 aromatic carbocycles. The normalized spacial score (nSPS) is 12.4. The van der Waals surface area contributed by atoms with Crippen LogP contribution in [0, 0.1) is 0 Å². The van der Waals surface area contributed by atoms with Gasteiger partial charge >= 0.3 is 5.69 Å². The van der Waals surface area contributed by atoms with Crippen molar-refractivity contribution >= 4 is 11.2 Å². The lowest BCUT2D eigenvalue weighted by Gasteiger charge is -2.15. The van der Waals surface area contributed by atoms with Gasteiger partial charge in [0.25, 0.3) is 5.56 Å². The lowest BCUT2D eigenvalue weighted by molar-refractivity contribution is 0.414. The molecule has 8 nitrogen and oxygen atoms in total. The maximum Gasteiger partial charge on any atom is 0.332 e. The molecule has 3 rings (SSSR count). The minimum Gasteiger partial charge on any atom is -0.497 e. The predicted octanol–water partition coefficient (Wildman–Crippen LogP) is 0.663. The van der Waals surface area contributed by atoms with Gasteiger partial charge in [-0.1, -0.05) is 12.1 Å². The Labute approximate surface area is 157 Å². The molecule has 1 unspecified atom stereocenters. The molecule has 27 heavy (non-hydrogen) atoms. The van der Waals surface area contributed by atoms with Crippen LogP contribution in [-0.2, 0) is 27.1 Å². The van der Waals surface area contributed by atoms with Crippen LogP contribution in [0.15, 0.2) is 40.2 Å². The summed E-state index contributed by atoms with van der Waals surface area (Å²) in [6.07, 6.45) is 2.51. The molecule has 0 bridgehead atoms.